The van der Waals surface area contributed by atoms with Crippen LogP contribution in [-0.2, 0) is 12.8 Å². The summed E-state index contributed by atoms with van der Waals surface area (Å²) in [7, 11) is 0. The van der Waals surface area contributed by atoms with Gasteiger partial charge in [-0.05, 0) is 92.9 Å². The molecule has 3 aromatic rings. The first-order valence-corrected chi connectivity index (χ1v) is 12.5. The highest BCUT2D eigenvalue weighted by Gasteiger charge is 2.16. The van der Waals surface area contributed by atoms with Crippen LogP contribution in [0.5, 0.6) is 0 Å². The molecule has 0 saturated heterocycles. The Kier molecular flexibility index (Phi) is 8.30. The Morgan fingerprint density at radius 2 is 1.66 bits per heavy atom. The molecule has 0 bridgehead atoms. The van der Waals surface area contributed by atoms with Crippen LogP contribution in [0, 0.1) is 11.3 Å². The molecule has 0 radical (unpaired) electrons. The van der Waals surface area contributed by atoms with E-state index in [1.807, 2.05) is 30.3 Å². The van der Waals surface area contributed by atoms with Gasteiger partial charge in [0.25, 0.3) is 0 Å². The molecule has 0 aliphatic carbocycles. The third kappa shape index (κ3) is 8.49. The summed E-state index contributed by atoms with van der Waals surface area (Å²) in [6.45, 7) is 13.5. The zero-order chi connectivity index (χ0) is 25.6. The third-order valence-corrected chi connectivity index (χ3v) is 6.19. The molecule has 5 heteroatoms. The number of hydrogen-bond donors (Lipinski definition) is 2. The van der Waals surface area contributed by atoms with Crippen molar-refractivity contribution < 1.29 is 4.39 Å². The highest BCUT2D eigenvalue weighted by molar-refractivity contribution is 7.97. The normalized spacial score (nSPS) is 11.6. The van der Waals surface area contributed by atoms with Crippen LogP contribution in [0.2, 0.25) is 0 Å². The topological polar surface area (TPSA) is 47.9 Å². The highest BCUT2D eigenvalue weighted by Crippen LogP contribution is 2.28. The van der Waals surface area contributed by atoms with Gasteiger partial charge in [0, 0.05) is 16.9 Å². The average Bonchev–Trinajstić information content (AvgIpc) is 2.77. The lowest BCUT2D eigenvalue weighted by Gasteiger charge is -2.24. The van der Waals surface area contributed by atoms with Gasteiger partial charge in [-0.25, -0.2) is 4.39 Å². The molecular weight excluding hydrogens is 453 g/mol. The molecule has 0 amide bonds. The van der Waals surface area contributed by atoms with Crippen LogP contribution in [0.3, 0.4) is 0 Å². The molecule has 0 saturated carbocycles. The van der Waals surface area contributed by atoms with Gasteiger partial charge in [-0.15, -0.1) is 0 Å². The van der Waals surface area contributed by atoms with Crippen LogP contribution in [0.1, 0.15) is 56.9 Å². The molecule has 3 aromatic carbocycles. The van der Waals surface area contributed by atoms with Gasteiger partial charge in [0.1, 0.15) is 11.5 Å². The molecule has 0 aromatic heterocycles. The van der Waals surface area contributed by atoms with Crippen molar-refractivity contribution in [2.45, 2.75) is 63.6 Å². The van der Waals surface area contributed by atoms with E-state index in [0.29, 0.717) is 12.0 Å². The van der Waals surface area contributed by atoms with Gasteiger partial charge >= 0.3 is 0 Å². The summed E-state index contributed by atoms with van der Waals surface area (Å²) in [6, 6.07) is 24.6. The van der Waals surface area contributed by atoms with E-state index in [1.165, 1.54) is 17.5 Å². The summed E-state index contributed by atoms with van der Waals surface area (Å²) in [5.41, 5.74) is 4.83. The summed E-state index contributed by atoms with van der Waals surface area (Å²) < 4.78 is 17.2. The van der Waals surface area contributed by atoms with Crippen LogP contribution in [-0.4, -0.2) is 11.2 Å². The Morgan fingerprint density at radius 1 is 0.943 bits per heavy atom. The second-order valence-electron chi connectivity index (χ2n) is 10.5. The lowest BCUT2D eigenvalue weighted by molar-refractivity contribution is 0.217. The fourth-order valence-electron chi connectivity index (χ4n) is 3.84. The number of alkyl halides is 1. The summed E-state index contributed by atoms with van der Waals surface area (Å²) in [5.74, 6) is 0.720. The molecule has 3 rings (SSSR count). The van der Waals surface area contributed by atoms with Gasteiger partial charge in [0.15, 0.2) is 0 Å². The Balaban J connectivity index is 1.78. The number of halogens is 1. The number of hydrogen-bond acceptors (Lipinski definition) is 4. The SMILES string of the molecule is C=C(NSc1cc(C#N)ccc1Cc1cccc(-c2ccc(CC(C)(C)F)cc2)c1)NC(C)(C)C. The first kappa shape index (κ1) is 26.4. The number of nitrogens with zero attached hydrogens (tertiary/aromatic N) is 1. The van der Waals surface area contributed by atoms with Crippen molar-refractivity contribution in [3.05, 3.63) is 101 Å². The van der Waals surface area contributed by atoms with Gasteiger partial charge in [-0.2, -0.15) is 5.26 Å². The van der Waals surface area contributed by atoms with E-state index in [1.54, 1.807) is 13.8 Å². The Bertz CT molecular complexity index is 1210. The van der Waals surface area contributed by atoms with E-state index < -0.39 is 5.67 Å². The minimum atomic E-state index is -1.22. The number of benzene rings is 3. The van der Waals surface area contributed by atoms with Gasteiger partial charge in [-0.3, -0.25) is 0 Å². The molecule has 0 fully saturated rings. The second-order valence-corrected chi connectivity index (χ2v) is 11.3. The predicted octanol–water partition coefficient (Wildman–Crippen LogP) is 7.56. The first-order valence-electron chi connectivity index (χ1n) is 11.7. The lowest BCUT2D eigenvalue weighted by Crippen LogP contribution is -2.38. The average molecular weight is 488 g/mol. The predicted molar refractivity (Wildman–Crippen MR) is 146 cm³/mol. The molecule has 0 unspecified atom stereocenters. The Morgan fingerprint density at radius 3 is 2.29 bits per heavy atom. The molecule has 0 spiro atoms. The molecule has 0 heterocycles. The molecule has 182 valence electrons. The standard InChI is InChI=1S/C30H34FN3S/c1-21(33-29(2,3)4)34-35-28-18-24(20-32)12-15-27(28)17-23-8-7-9-26(16-23)25-13-10-22(11-14-25)19-30(5,6)31/h7-16,18,33-34H,1,17,19H2,2-6H3. The molecule has 35 heavy (non-hydrogen) atoms. The Labute approximate surface area is 213 Å². The zero-order valence-corrected chi connectivity index (χ0v) is 22.0. The van der Waals surface area contributed by atoms with Crippen LogP contribution in [0.4, 0.5) is 4.39 Å². The van der Waals surface area contributed by atoms with Crippen molar-refractivity contribution in [1.29, 1.82) is 5.26 Å². The first-order chi connectivity index (χ1) is 16.4. The highest BCUT2D eigenvalue weighted by atomic mass is 32.2. The van der Waals surface area contributed by atoms with Crippen molar-refractivity contribution >= 4 is 11.9 Å². The van der Waals surface area contributed by atoms with Crippen LogP contribution in [0.15, 0.2) is 84.0 Å². The summed E-state index contributed by atoms with van der Waals surface area (Å²) in [5, 5.41) is 12.7. The van der Waals surface area contributed by atoms with Crippen molar-refractivity contribution in [3.63, 3.8) is 0 Å². The summed E-state index contributed by atoms with van der Waals surface area (Å²) in [6.07, 6.45) is 1.13. The van der Waals surface area contributed by atoms with E-state index in [-0.39, 0.29) is 5.54 Å². The van der Waals surface area contributed by atoms with Crippen molar-refractivity contribution in [1.82, 2.24) is 10.0 Å². The van der Waals surface area contributed by atoms with Gasteiger partial charge < -0.3 is 10.0 Å². The zero-order valence-electron chi connectivity index (χ0n) is 21.2. The molecular formula is C30H34FN3S. The van der Waals surface area contributed by atoms with Gasteiger partial charge in [0.2, 0.25) is 0 Å². The smallest absolute Gasteiger partial charge is 0.109 e. The maximum absolute atomic E-state index is 14.0. The number of rotatable bonds is 9. The van der Waals surface area contributed by atoms with Crippen molar-refractivity contribution in [3.8, 4) is 17.2 Å². The van der Waals surface area contributed by atoms with Crippen LogP contribution < -0.4 is 10.0 Å². The second kappa shape index (κ2) is 11.0. The molecule has 3 nitrogen and oxygen atoms in total. The number of nitrogens with one attached hydrogen (secondary N) is 2. The van der Waals surface area contributed by atoms with Gasteiger partial charge in [-0.1, -0.05) is 61.2 Å². The largest absolute Gasteiger partial charge is 0.367 e. The summed E-state index contributed by atoms with van der Waals surface area (Å²) in [4.78, 5) is 0.990. The third-order valence-electron chi connectivity index (χ3n) is 5.24. The van der Waals surface area contributed by atoms with Gasteiger partial charge in [0.05, 0.1) is 11.6 Å². The molecule has 0 aliphatic heterocycles. The minimum Gasteiger partial charge on any atom is -0.367 e. The van der Waals surface area contributed by atoms with E-state index in [2.05, 4.69) is 79.9 Å². The van der Waals surface area contributed by atoms with E-state index in [4.69, 9.17) is 0 Å². The minimum absolute atomic E-state index is 0.0945. The van der Waals surface area contributed by atoms with Crippen LogP contribution in [0.25, 0.3) is 11.1 Å². The lowest BCUT2D eigenvalue weighted by atomic mass is 9.96. The molecule has 0 aliphatic rings. The summed E-state index contributed by atoms with van der Waals surface area (Å²) >= 11 is 1.46. The molecule has 0 atom stereocenters. The maximum Gasteiger partial charge on any atom is 0.109 e. The van der Waals surface area contributed by atoms with Crippen molar-refractivity contribution in [2.75, 3.05) is 0 Å². The van der Waals surface area contributed by atoms with Crippen LogP contribution >= 0.6 is 11.9 Å². The fourth-order valence-corrected chi connectivity index (χ4v) is 4.58. The Hall–Kier alpha value is -3.23. The molecule has 2 N–H and O–H groups in total. The van der Waals surface area contributed by atoms with E-state index in [9.17, 15) is 9.65 Å². The fraction of sp³-hybridized carbons (Fsp3) is 0.300. The van der Waals surface area contributed by atoms with E-state index >= 15 is 0 Å². The quantitative estimate of drug-likeness (QED) is 0.306. The maximum atomic E-state index is 14.0. The number of nitriles is 1. The van der Waals surface area contributed by atoms with E-state index in [0.717, 1.165) is 39.4 Å². The monoisotopic (exact) mass is 487 g/mol. The van der Waals surface area contributed by atoms with Crippen molar-refractivity contribution in [2.24, 2.45) is 0 Å².